The van der Waals surface area contributed by atoms with Gasteiger partial charge in [0, 0.05) is 16.6 Å². The normalized spacial score (nSPS) is 15.0. The van der Waals surface area contributed by atoms with Crippen molar-refractivity contribution in [1.82, 2.24) is 4.98 Å². The lowest BCUT2D eigenvalue weighted by atomic mass is 10.2. The Bertz CT molecular complexity index is 1080. The summed E-state index contributed by atoms with van der Waals surface area (Å²) >= 11 is 1.49. The predicted molar refractivity (Wildman–Crippen MR) is 116 cm³/mol. The van der Waals surface area contributed by atoms with Crippen LogP contribution >= 0.6 is 11.3 Å². The van der Waals surface area contributed by atoms with Crippen molar-refractivity contribution in [3.05, 3.63) is 53.5 Å². The number of nitrogens with zero attached hydrogens (tertiary/aromatic N) is 1. The molecule has 0 aliphatic carbocycles. The molecule has 2 aromatic carbocycles. The van der Waals surface area contributed by atoms with Gasteiger partial charge in [-0.2, -0.15) is 0 Å². The monoisotopic (exact) mass is 423 g/mol. The Morgan fingerprint density at radius 1 is 1.27 bits per heavy atom. The zero-order chi connectivity index (χ0) is 21.1. The molecule has 8 heteroatoms. The molecule has 1 atom stereocenters. The summed E-state index contributed by atoms with van der Waals surface area (Å²) in [6.45, 7) is 4.25. The van der Waals surface area contributed by atoms with Crippen LogP contribution in [0.5, 0.6) is 11.5 Å². The fourth-order valence-corrected chi connectivity index (χ4v) is 3.86. The highest BCUT2D eigenvalue weighted by molar-refractivity contribution is 7.13. The highest BCUT2D eigenvalue weighted by atomic mass is 32.1. The summed E-state index contributed by atoms with van der Waals surface area (Å²) in [5, 5.41) is 8.34. The van der Waals surface area contributed by atoms with Gasteiger partial charge in [-0.05, 0) is 56.3 Å². The van der Waals surface area contributed by atoms with Crippen LogP contribution in [-0.2, 0) is 16.0 Å². The van der Waals surface area contributed by atoms with Gasteiger partial charge in [-0.15, -0.1) is 11.3 Å². The molecule has 0 bridgehead atoms. The average molecular weight is 423 g/mol. The van der Waals surface area contributed by atoms with Gasteiger partial charge in [-0.3, -0.25) is 9.59 Å². The number of amides is 2. The van der Waals surface area contributed by atoms with Crippen LogP contribution in [0.3, 0.4) is 0 Å². The molecule has 0 saturated heterocycles. The van der Waals surface area contributed by atoms with E-state index in [9.17, 15) is 9.59 Å². The highest BCUT2D eigenvalue weighted by Crippen LogP contribution is 2.32. The van der Waals surface area contributed by atoms with Crippen molar-refractivity contribution in [3.8, 4) is 22.1 Å². The predicted octanol–water partition coefficient (Wildman–Crippen LogP) is 4.11. The number of anilines is 2. The van der Waals surface area contributed by atoms with Crippen molar-refractivity contribution in [2.75, 3.05) is 17.2 Å². The quantitative estimate of drug-likeness (QED) is 0.623. The maximum Gasteiger partial charge on any atom is 0.265 e. The first-order valence-corrected chi connectivity index (χ1v) is 10.5. The fraction of sp³-hybridized carbons (Fsp3) is 0.227. The van der Waals surface area contributed by atoms with Crippen molar-refractivity contribution in [2.24, 2.45) is 0 Å². The van der Waals surface area contributed by atoms with Crippen LogP contribution in [0.15, 0.2) is 47.8 Å². The number of carbonyl (C=O) groups excluding carboxylic acids is 2. The number of nitrogens with one attached hydrogen (secondary N) is 2. The van der Waals surface area contributed by atoms with E-state index in [1.165, 1.54) is 11.3 Å². The molecule has 1 aliphatic rings. The third-order valence-electron chi connectivity index (χ3n) is 4.50. The van der Waals surface area contributed by atoms with Crippen molar-refractivity contribution >= 4 is 34.5 Å². The van der Waals surface area contributed by atoms with Gasteiger partial charge in [0.2, 0.25) is 5.91 Å². The van der Waals surface area contributed by atoms with E-state index in [1.54, 1.807) is 25.1 Å². The topological polar surface area (TPSA) is 89.5 Å². The van der Waals surface area contributed by atoms with Crippen molar-refractivity contribution < 1.29 is 19.1 Å². The summed E-state index contributed by atoms with van der Waals surface area (Å²) in [7, 11) is 0. The first kappa shape index (κ1) is 19.9. The molecule has 1 unspecified atom stereocenters. The number of carbonyl (C=O) groups is 2. The van der Waals surface area contributed by atoms with Crippen molar-refractivity contribution in [3.63, 3.8) is 0 Å². The Morgan fingerprint density at radius 2 is 2.07 bits per heavy atom. The molecule has 2 heterocycles. The van der Waals surface area contributed by atoms with E-state index in [4.69, 9.17) is 9.47 Å². The average Bonchev–Trinajstić information content (AvgIpc) is 3.18. The van der Waals surface area contributed by atoms with Gasteiger partial charge in [0.1, 0.15) is 16.5 Å². The molecule has 7 nitrogen and oxygen atoms in total. The summed E-state index contributed by atoms with van der Waals surface area (Å²) in [4.78, 5) is 28.8. The minimum Gasteiger partial charge on any atom is -0.494 e. The summed E-state index contributed by atoms with van der Waals surface area (Å²) in [6.07, 6.45) is -0.378. The minimum atomic E-state index is -0.535. The molecular formula is C22H21N3O4S. The fourth-order valence-electron chi connectivity index (χ4n) is 3.04. The lowest BCUT2D eigenvalue weighted by Gasteiger charge is -2.23. The largest absolute Gasteiger partial charge is 0.494 e. The number of fused-ring (bicyclic) bond motifs is 1. The van der Waals surface area contributed by atoms with Crippen LogP contribution in [0.25, 0.3) is 10.6 Å². The van der Waals surface area contributed by atoms with E-state index >= 15 is 0 Å². The maximum absolute atomic E-state index is 12.4. The highest BCUT2D eigenvalue weighted by Gasteiger charge is 2.23. The summed E-state index contributed by atoms with van der Waals surface area (Å²) in [5.74, 6) is 1.00. The molecular weight excluding hydrogens is 402 g/mol. The Kier molecular flexibility index (Phi) is 5.67. The van der Waals surface area contributed by atoms with Crippen LogP contribution in [0, 0.1) is 0 Å². The lowest BCUT2D eigenvalue weighted by Crippen LogP contribution is -2.34. The second-order valence-electron chi connectivity index (χ2n) is 6.79. The maximum atomic E-state index is 12.4. The molecule has 4 rings (SSSR count). The SMILES string of the molecule is CCOc1ccc(-c2nc(CC(=O)Nc3ccc4c(c3)NC(=O)C(C)O4)cs2)cc1. The Labute approximate surface area is 178 Å². The van der Waals surface area contributed by atoms with Gasteiger partial charge >= 0.3 is 0 Å². The van der Waals surface area contributed by atoms with Crippen LogP contribution < -0.4 is 20.1 Å². The van der Waals surface area contributed by atoms with Gasteiger partial charge in [0.15, 0.2) is 6.10 Å². The van der Waals surface area contributed by atoms with Crippen LogP contribution in [0.4, 0.5) is 11.4 Å². The molecule has 0 fully saturated rings. The van der Waals surface area contributed by atoms with Gasteiger partial charge in [-0.1, -0.05) is 0 Å². The second kappa shape index (κ2) is 8.54. The second-order valence-corrected chi connectivity index (χ2v) is 7.64. The number of ether oxygens (including phenoxy) is 2. The molecule has 2 N–H and O–H groups in total. The Morgan fingerprint density at radius 3 is 2.83 bits per heavy atom. The number of hydrogen-bond acceptors (Lipinski definition) is 6. The molecule has 2 amide bonds. The number of rotatable bonds is 6. The number of thiazole rings is 1. The first-order valence-electron chi connectivity index (χ1n) is 9.61. The lowest BCUT2D eigenvalue weighted by molar-refractivity contribution is -0.122. The number of hydrogen-bond donors (Lipinski definition) is 2. The standard InChI is InChI=1S/C22H21N3O4S/c1-3-28-17-7-4-14(5-8-17)22-24-16(12-30-22)11-20(26)23-15-6-9-19-18(10-15)25-21(27)13(2)29-19/h4-10,12-13H,3,11H2,1-2H3,(H,23,26)(H,25,27). The summed E-state index contributed by atoms with van der Waals surface area (Å²) in [6, 6.07) is 12.9. The molecule has 0 radical (unpaired) electrons. The van der Waals surface area contributed by atoms with Crippen LogP contribution in [-0.4, -0.2) is 29.5 Å². The van der Waals surface area contributed by atoms with Crippen molar-refractivity contribution in [1.29, 1.82) is 0 Å². The zero-order valence-corrected chi connectivity index (χ0v) is 17.4. The Hall–Kier alpha value is -3.39. The molecule has 0 spiro atoms. The van der Waals surface area contributed by atoms with E-state index < -0.39 is 6.10 Å². The smallest absolute Gasteiger partial charge is 0.265 e. The summed E-state index contributed by atoms with van der Waals surface area (Å²) < 4.78 is 11.0. The van der Waals surface area contributed by atoms with E-state index in [2.05, 4.69) is 15.6 Å². The molecule has 0 saturated carbocycles. The third-order valence-corrected chi connectivity index (χ3v) is 5.44. The Balaban J connectivity index is 1.39. The zero-order valence-electron chi connectivity index (χ0n) is 16.6. The number of benzene rings is 2. The van der Waals surface area contributed by atoms with Gasteiger partial charge in [0.25, 0.3) is 5.91 Å². The van der Waals surface area contributed by atoms with Gasteiger partial charge in [0.05, 0.1) is 24.4 Å². The third kappa shape index (κ3) is 4.44. The van der Waals surface area contributed by atoms with E-state index in [1.807, 2.05) is 36.6 Å². The van der Waals surface area contributed by atoms with Gasteiger partial charge < -0.3 is 20.1 Å². The minimum absolute atomic E-state index is 0.157. The van der Waals surface area contributed by atoms with E-state index in [0.29, 0.717) is 29.4 Å². The van der Waals surface area contributed by atoms with Crippen LogP contribution in [0.2, 0.25) is 0 Å². The van der Waals surface area contributed by atoms with E-state index in [-0.39, 0.29) is 18.2 Å². The van der Waals surface area contributed by atoms with Crippen LogP contribution in [0.1, 0.15) is 19.5 Å². The molecule has 30 heavy (non-hydrogen) atoms. The molecule has 3 aromatic rings. The van der Waals surface area contributed by atoms with Crippen molar-refractivity contribution in [2.45, 2.75) is 26.4 Å². The molecule has 1 aliphatic heterocycles. The molecule has 154 valence electrons. The molecule has 1 aromatic heterocycles. The van der Waals surface area contributed by atoms with E-state index in [0.717, 1.165) is 16.3 Å². The van der Waals surface area contributed by atoms with Gasteiger partial charge in [-0.25, -0.2) is 4.98 Å². The number of aromatic nitrogens is 1. The first-order chi connectivity index (χ1) is 14.5. The summed E-state index contributed by atoms with van der Waals surface area (Å²) in [5.41, 5.74) is 2.81.